The predicted molar refractivity (Wildman–Crippen MR) is 104 cm³/mol. The molecule has 0 fully saturated rings. The molecule has 7 heteroatoms. The number of unbranched alkanes of at least 4 members (excludes halogenated alkanes) is 2. The van der Waals surface area contributed by atoms with E-state index in [1.165, 1.54) is 6.08 Å². The minimum atomic E-state index is -0.461. The van der Waals surface area contributed by atoms with Crippen molar-refractivity contribution in [1.82, 2.24) is 0 Å². The first kappa shape index (κ1) is 21.8. The molecular weight excluding hydrogens is 413 g/mol. The first-order valence-corrected chi connectivity index (χ1v) is 9.27. The van der Waals surface area contributed by atoms with Gasteiger partial charge >= 0.3 is 0 Å². The molecule has 25 heavy (non-hydrogen) atoms. The summed E-state index contributed by atoms with van der Waals surface area (Å²) in [6.07, 6.45) is 4.10. The van der Waals surface area contributed by atoms with Crippen LogP contribution in [-0.2, 0) is 4.84 Å². The number of oxime groups is 1. The highest BCUT2D eigenvalue weighted by Gasteiger charge is 2.09. The number of rotatable bonds is 11. The van der Waals surface area contributed by atoms with Crippen molar-refractivity contribution in [3.63, 3.8) is 0 Å². The summed E-state index contributed by atoms with van der Waals surface area (Å²) >= 11 is 8.95. The summed E-state index contributed by atoms with van der Waals surface area (Å²) in [5.41, 5.74) is 1.79. The monoisotopic (exact) mass is 435 g/mol. The van der Waals surface area contributed by atoms with Crippen LogP contribution in [0.5, 0.6) is 11.5 Å². The lowest BCUT2D eigenvalue weighted by atomic mass is 10.2. The Hall–Kier alpha value is -1.27. The van der Waals surface area contributed by atoms with E-state index in [-0.39, 0.29) is 6.61 Å². The van der Waals surface area contributed by atoms with Gasteiger partial charge in [0.2, 0.25) is 0 Å². The highest BCUT2D eigenvalue weighted by atomic mass is 79.9. The van der Waals surface area contributed by atoms with Crippen LogP contribution in [0.2, 0.25) is 5.02 Å². The number of halogens is 3. The number of hydrogen-bond donors (Lipinski definition) is 0. The van der Waals surface area contributed by atoms with Crippen LogP contribution in [0.25, 0.3) is 0 Å². The van der Waals surface area contributed by atoms with Crippen LogP contribution in [-0.4, -0.2) is 25.5 Å². The number of ether oxygens (including phenoxy) is 2. The molecule has 1 aromatic rings. The highest BCUT2D eigenvalue weighted by Crippen LogP contribution is 2.33. The fraction of sp³-hybridized carbons (Fsp3) is 0.500. The standard InChI is InChI=1S/C18H24BrClFNO3/c1-13(2)22-25-9-6-4-5-8-24-18-14(3)11-15(12-16(18)20)23-10-7-17(19)21/h7,11-12H,4-6,8-10H2,1-3H3/b17-7-. The molecule has 0 saturated heterocycles. The molecule has 0 heterocycles. The van der Waals surface area contributed by atoms with Crippen LogP contribution >= 0.6 is 27.5 Å². The zero-order chi connectivity index (χ0) is 18.7. The van der Waals surface area contributed by atoms with Gasteiger partial charge in [0, 0.05) is 6.07 Å². The van der Waals surface area contributed by atoms with E-state index < -0.39 is 4.74 Å². The molecule has 0 aromatic heterocycles. The quantitative estimate of drug-likeness (QED) is 0.236. The van der Waals surface area contributed by atoms with Crippen LogP contribution in [0.15, 0.2) is 28.1 Å². The first-order valence-electron chi connectivity index (χ1n) is 8.10. The van der Waals surface area contributed by atoms with Crippen LogP contribution < -0.4 is 9.47 Å². The molecule has 0 spiro atoms. The van der Waals surface area contributed by atoms with E-state index in [9.17, 15) is 4.39 Å². The van der Waals surface area contributed by atoms with Crippen molar-refractivity contribution in [1.29, 1.82) is 0 Å². The van der Waals surface area contributed by atoms with Crippen molar-refractivity contribution in [3.05, 3.63) is 33.5 Å². The Kier molecular flexibility index (Phi) is 10.6. The maximum absolute atomic E-state index is 12.6. The average Bonchev–Trinajstić information content (AvgIpc) is 2.51. The molecule has 0 aliphatic carbocycles. The maximum atomic E-state index is 12.6. The molecule has 4 nitrogen and oxygen atoms in total. The molecule has 0 radical (unpaired) electrons. The maximum Gasteiger partial charge on any atom is 0.165 e. The van der Waals surface area contributed by atoms with Crippen molar-refractivity contribution in [2.45, 2.75) is 40.0 Å². The molecule has 1 rings (SSSR count). The minimum absolute atomic E-state index is 0.122. The van der Waals surface area contributed by atoms with Crippen molar-refractivity contribution in [2.75, 3.05) is 19.8 Å². The summed E-state index contributed by atoms with van der Waals surface area (Å²) in [5, 5.41) is 4.36. The molecule has 0 aliphatic heterocycles. The summed E-state index contributed by atoms with van der Waals surface area (Å²) in [7, 11) is 0. The predicted octanol–water partition coefficient (Wildman–Crippen LogP) is 6.19. The normalized spacial score (nSPS) is 11.2. The highest BCUT2D eigenvalue weighted by molar-refractivity contribution is 9.11. The van der Waals surface area contributed by atoms with Gasteiger partial charge in [-0.2, -0.15) is 4.39 Å². The van der Waals surface area contributed by atoms with E-state index in [4.69, 9.17) is 25.9 Å². The fourth-order valence-corrected chi connectivity index (χ4v) is 2.40. The van der Waals surface area contributed by atoms with Gasteiger partial charge in [0.25, 0.3) is 0 Å². The summed E-state index contributed by atoms with van der Waals surface area (Å²) in [6.45, 7) is 7.00. The van der Waals surface area contributed by atoms with Gasteiger partial charge in [0.15, 0.2) is 4.74 Å². The van der Waals surface area contributed by atoms with Crippen LogP contribution in [0.4, 0.5) is 4.39 Å². The molecule has 0 aliphatic rings. The van der Waals surface area contributed by atoms with Crippen molar-refractivity contribution < 1.29 is 18.7 Å². The Morgan fingerprint density at radius 2 is 1.92 bits per heavy atom. The SMILES string of the molecule is CC(C)=NOCCCCCOc1c(C)cc(OC/C=C(\F)Br)cc1Cl. The van der Waals surface area contributed by atoms with Crippen molar-refractivity contribution in [3.8, 4) is 11.5 Å². The van der Waals surface area contributed by atoms with Gasteiger partial charge in [-0.15, -0.1) is 0 Å². The molecule has 1 aromatic carbocycles. The second kappa shape index (κ2) is 12.1. The van der Waals surface area contributed by atoms with Crippen molar-refractivity contribution >= 4 is 33.2 Å². The van der Waals surface area contributed by atoms with E-state index in [0.717, 1.165) is 30.5 Å². The van der Waals surface area contributed by atoms with Gasteiger partial charge in [-0.3, -0.25) is 0 Å². The van der Waals surface area contributed by atoms with Gasteiger partial charge in [0.1, 0.15) is 24.7 Å². The molecular formula is C18H24BrClFNO3. The lowest BCUT2D eigenvalue weighted by Crippen LogP contribution is -2.01. The second-order valence-corrected chi connectivity index (χ2v) is 6.80. The Morgan fingerprint density at radius 3 is 2.56 bits per heavy atom. The Bertz CT molecular complexity index is 577. The summed E-state index contributed by atoms with van der Waals surface area (Å²) in [5.74, 6) is 1.22. The number of nitrogens with zero attached hydrogens (tertiary/aromatic N) is 1. The smallest absolute Gasteiger partial charge is 0.165 e. The largest absolute Gasteiger partial charge is 0.492 e. The summed E-state index contributed by atoms with van der Waals surface area (Å²) in [4.78, 5) is 5.14. The molecule has 140 valence electrons. The van der Waals surface area contributed by atoms with E-state index in [1.807, 2.05) is 26.8 Å². The zero-order valence-electron chi connectivity index (χ0n) is 14.8. The topological polar surface area (TPSA) is 40.0 Å². The third-order valence-corrected chi connectivity index (χ3v) is 3.67. The summed E-state index contributed by atoms with van der Waals surface area (Å²) < 4.78 is 23.3. The van der Waals surface area contributed by atoms with E-state index in [1.54, 1.807) is 6.07 Å². The van der Waals surface area contributed by atoms with E-state index >= 15 is 0 Å². The van der Waals surface area contributed by atoms with Crippen LogP contribution in [0, 0.1) is 6.92 Å². The van der Waals surface area contributed by atoms with Gasteiger partial charge in [-0.25, -0.2) is 0 Å². The van der Waals surface area contributed by atoms with Gasteiger partial charge in [0.05, 0.1) is 17.3 Å². The lowest BCUT2D eigenvalue weighted by Gasteiger charge is -2.13. The number of hydrogen-bond acceptors (Lipinski definition) is 4. The van der Waals surface area contributed by atoms with Gasteiger partial charge in [-0.1, -0.05) is 16.8 Å². The molecule has 0 unspecified atom stereocenters. The number of benzene rings is 1. The molecule has 0 saturated carbocycles. The van der Waals surface area contributed by atoms with Crippen molar-refractivity contribution in [2.24, 2.45) is 5.16 Å². The fourth-order valence-electron chi connectivity index (χ4n) is 1.96. The third kappa shape index (κ3) is 9.70. The van der Waals surface area contributed by atoms with Gasteiger partial charge in [-0.05, 0) is 73.7 Å². The number of aryl methyl sites for hydroxylation is 1. The van der Waals surface area contributed by atoms with Crippen LogP contribution in [0.1, 0.15) is 38.7 Å². The van der Waals surface area contributed by atoms with E-state index in [2.05, 4.69) is 21.1 Å². The molecule has 0 atom stereocenters. The van der Waals surface area contributed by atoms with E-state index in [0.29, 0.717) is 29.7 Å². The van der Waals surface area contributed by atoms with Crippen LogP contribution in [0.3, 0.4) is 0 Å². The summed E-state index contributed by atoms with van der Waals surface area (Å²) in [6, 6.07) is 3.49. The second-order valence-electron chi connectivity index (χ2n) is 5.64. The zero-order valence-corrected chi connectivity index (χ0v) is 17.1. The first-order chi connectivity index (χ1) is 11.9. The molecule has 0 N–H and O–H groups in total. The Labute approximate surface area is 162 Å². The molecule has 0 amide bonds. The Morgan fingerprint density at radius 1 is 1.20 bits per heavy atom. The minimum Gasteiger partial charge on any atom is -0.492 e. The van der Waals surface area contributed by atoms with Gasteiger partial charge < -0.3 is 14.3 Å². The Balaban J connectivity index is 2.36. The molecule has 0 bridgehead atoms. The average molecular weight is 437 g/mol. The third-order valence-electron chi connectivity index (χ3n) is 3.06. The lowest BCUT2D eigenvalue weighted by molar-refractivity contribution is 0.138.